The molecule has 1 amide bonds. The lowest BCUT2D eigenvalue weighted by atomic mass is 9.99. The molecular weight excluding hydrogens is 360 g/mol. The highest BCUT2D eigenvalue weighted by Gasteiger charge is 2.19. The molecule has 5 nitrogen and oxygen atoms in total. The number of rotatable bonds is 7. The first-order valence-electron chi connectivity index (χ1n) is 9.18. The fraction of sp³-hybridized carbons (Fsp3) is 0.381. The summed E-state index contributed by atoms with van der Waals surface area (Å²) in [5, 5.41) is 3.01. The third kappa shape index (κ3) is 4.89. The monoisotopic (exact) mass is 388 g/mol. The van der Waals surface area contributed by atoms with Crippen molar-refractivity contribution < 1.29 is 13.2 Å². The molecule has 27 heavy (non-hydrogen) atoms. The summed E-state index contributed by atoms with van der Waals surface area (Å²) in [7, 11) is -3.33. The van der Waals surface area contributed by atoms with Gasteiger partial charge in [-0.15, -0.1) is 0 Å². The molecule has 0 aliphatic rings. The number of nitrogens with zero attached hydrogens (tertiary/aromatic N) is 1. The third-order valence-electron chi connectivity index (χ3n) is 4.65. The molecule has 0 unspecified atom stereocenters. The second kappa shape index (κ2) is 8.57. The van der Waals surface area contributed by atoms with Gasteiger partial charge in [-0.25, -0.2) is 8.42 Å². The first kappa shape index (κ1) is 21.0. The van der Waals surface area contributed by atoms with Gasteiger partial charge in [0, 0.05) is 12.1 Å². The molecule has 0 radical (unpaired) electrons. The molecule has 2 aromatic rings. The standard InChI is InChI=1S/C21H28N2O3S/c1-6-23(27(25,26)7-2)19-12-10-18(11-13-19)21(24)22-17(5)20-14-15(3)8-9-16(20)4/h8-14,17H,6-7H2,1-5H3,(H,22,24)/t17-/m1/s1. The van der Waals surface area contributed by atoms with Crippen molar-refractivity contribution in [1.82, 2.24) is 5.32 Å². The molecule has 0 spiro atoms. The highest BCUT2D eigenvalue weighted by Crippen LogP contribution is 2.21. The van der Waals surface area contributed by atoms with Crippen LogP contribution in [0.5, 0.6) is 0 Å². The fourth-order valence-electron chi connectivity index (χ4n) is 3.06. The Hall–Kier alpha value is -2.34. The summed E-state index contributed by atoms with van der Waals surface area (Å²) >= 11 is 0. The molecule has 6 heteroatoms. The Kier molecular flexibility index (Phi) is 6.65. The molecular formula is C21H28N2O3S. The van der Waals surface area contributed by atoms with Crippen LogP contribution in [0.3, 0.4) is 0 Å². The average molecular weight is 389 g/mol. The molecule has 0 bridgehead atoms. The van der Waals surface area contributed by atoms with Crippen molar-refractivity contribution in [2.24, 2.45) is 0 Å². The minimum atomic E-state index is -3.33. The smallest absolute Gasteiger partial charge is 0.251 e. The molecule has 0 aromatic heterocycles. The normalized spacial score (nSPS) is 12.5. The van der Waals surface area contributed by atoms with Crippen molar-refractivity contribution in [1.29, 1.82) is 0 Å². The lowest BCUT2D eigenvalue weighted by Gasteiger charge is -2.22. The number of carbonyl (C=O) groups excluding carboxylic acids is 1. The Balaban J connectivity index is 2.17. The maximum Gasteiger partial charge on any atom is 0.251 e. The molecule has 0 aliphatic carbocycles. The summed E-state index contributed by atoms with van der Waals surface area (Å²) < 4.78 is 25.7. The Morgan fingerprint density at radius 2 is 1.70 bits per heavy atom. The Morgan fingerprint density at radius 3 is 2.26 bits per heavy atom. The van der Waals surface area contributed by atoms with Gasteiger partial charge >= 0.3 is 0 Å². The van der Waals surface area contributed by atoms with Gasteiger partial charge in [0.05, 0.1) is 17.5 Å². The summed E-state index contributed by atoms with van der Waals surface area (Å²) in [5.41, 5.74) is 4.44. The minimum absolute atomic E-state index is 0.0381. The summed E-state index contributed by atoms with van der Waals surface area (Å²) in [5.74, 6) is -0.146. The van der Waals surface area contributed by atoms with Crippen LogP contribution in [0.2, 0.25) is 0 Å². The number of nitrogens with one attached hydrogen (secondary N) is 1. The number of sulfonamides is 1. The quantitative estimate of drug-likeness (QED) is 0.780. The van der Waals surface area contributed by atoms with Crippen molar-refractivity contribution in [3.05, 3.63) is 64.7 Å². The van der Waals surface area contributed by atoms with Crippen LogP contribution in [0.25, 0.3) is 0 Å². The van der Waals surface area contributed by atoms with E-state index in [0.717, 1.165) is 16.7 Å². The molecule has 0 saturated heterocycles. The SMILES string of the molecule is CCN(c1ccc(C(=O)N[C@H](C)c2cc(C)ccc2C)cc1)S(=O)(=O)CC. The maximum atomic E-state index is 12.6. The zero-order chi connectivity index (χ0) is 20.2. The van der Waals surface area contributed by atoms with E-state index < -0.39 is 10.0 Å². The highest BCUT2D eigenvalue weighted by atomic mass is 32.2. The van der Waals surface area contributed by atoms with E-state index in [4.69, 9.17) is 0 Å². The van der Waals surface area contributed by atoms with E-state index in [1.54, 1.807) is 38.1 Å². The largest absolute Gasteiger partial charge is 0.346 e. The highest BCUT2D eigenvalue weighted by molar-refractivity contribution is 7.92. The molecule has 1 N–H and O–H groups in total. The third-order valence-corrected chi connectivity index (χ3v) is 6.52. The zero-order valence-electron chi connectivity index (χ0n) is 16.6. The van der Waals surface area contributed by atoms with Gasteiger partial charge in [0.1, 0.15) is 0 Å². The number of anilines is 1. The van der Waals surface area contributed by atoms with Crippen LogP contribution < -0.4 is 9.62 Å². The van der Waals surface area contributed by atoms with Crippen LogP contribution in [0.4, 0.5) is 5.69 Å². The summed E-state index contributed by atoms with van der Waals surface area (Å²) in [4.78, 5) is 12.6. The molecule has 2 aromatic carbocycles. The van der Waals surface area contributed by atoms with E-state index in [0.29, 0.717) is 17.8 Å². The van der Waals surface area contributed by atoms with E-state index in [9.17, 15) is 13.2 Å². The van der Waals surface area contributed by atoms with Crippen LogP contribution in [-0.4, -0.2) is 26.6 Å². The van der Waals surface area contributed by atoms with Crippen molar-refractivity contribution >= 4 is 21.6 Å². The fourth-order valence-corrected chi connectivity index (χ4v) is 4.21. The van der Waals surface area contributed by atoms with Gasteiger partial charge < -0.3 is 5.32 Å². The first-order chi connectivity index (χ1) is 12.7. The lowest BCUT2D eigenvalue weighted by molar-refractivity contribution is 0.0940. The van der Waals surface area contributed by atoms with Gasteiger partial charge in [0.2, 0.25) is 10.0 Å². The van der Waals surface area contributed by atoms with E-state index >= 15 is 0 Å². The van der Waals surface area contributed by atoms with Gasteiger partial charge in [-0.2, -0.15) is 0 Å². The van der Waals surface area contributed by atoms with E-state index in [1.165, 1.54) is 4.31 Å². The summed E-state index contributed by atoms with van der Waals surface area (Å²) in [6.07, 6.45) is 0. The van der Waals surface area contributed by atoms with E-state index in [1.807, 2.05) is 20.8 Å². The van der Waals surface area contributed by atoms with Gasteiger partial charge in [0.15, 0.2) is 0 Å². The maximum absolute atomic E-state index is 12.6. The van der Waals surface area contributed by atoms with Crippen LogP contribution in [-0.2, 0) is 10.0 Å². The minimum Gasteiger partial charge on any atom is -0.346 e. The molecule has 146 valence electrons. The second-order valence-corrected chi connectivity index (χ2v) is 8.85. The molecule has 0 fully saturated rings. The van der Waals surface area contributed by atoms with Gasteiger partial charge in [0.25, 0.3) is 5.91 Å². The summed E-state index contributed by atoms with van der Waals surface area (Å²) in [6, 6.07) is 12.7. The summed E-state index contributed by atoms with van der Waals surface area (Å²) in [6.45, 7) is 9.78. The van der Waals surface area contributed by atoms with Gasteiger partial charge in [-0.3, -0.25) is 9.10 Å². The predicted octanol–water partition coefficient (Wildman–Crippen LogP) is 3.97. The van der Waals surface area contributed by atoms with Crippen molar-refractivity contribution in [2.45, 2.75) is 40.7 Å². The molecule has 2 rings (SSSR count). The van der Waals surface area contributed by atoms with Crippen molar-refractivity contribution in [2.75, 3.05) is 16.6 Å². The van der Waals surface area contributed by atoms with Crippen molar-refractivity contribution in [3.8, 4) is 0 Å². The van der Waals surface area contributed by atoms with Gasteiger partial charge in [-0.05, 0) is 70.0 Å². The molecule has 0 aliphatic heterocycles. The number of aryl methyl sites for hydroxylation is 2. The van der Waals surface area contributed by atoms with E-state index in [2.05, 4.69) is 23.5 Å². The van der Waals surface area contributed by atoms with Crippen LogP contribution in [0, 0.1) is 13.8 Å². The van der Waals surface area contributed by atoms with Crippen LogP contribution in [0.1, 0.15) is 53.9 Å². The zero-order valence-corrected chi connectivity index (χ0v) is 17.4. The predicted molar refractivity (Wildman–Crippen MR) is 111 cm³/mol. The number of hydrogen-bond acceptors (Lipinski definition) is 3. The molecule has 0 heterocycles. The number of carbonyl (C=O) groups is 1. The Morgan fingerprint density at radius 1 is 1.07 bits per heavy atom. The average Bonchev–Trinajstić information content (AvgIpc) is 2.64. The van der Waals surface area contributed by atoms with Crippen molar-refractivity contribution in [3.63, 3.8) is 0 Å². The van der Waals surface area contributed by atoms with Crippen LogP contribution in [0.15, 0.2) is 42.5 Å². The number of benzene rings is 2. The second-order valence-electron chi connectivity index (χ2n) is 6.67. The van der Waals surface area contributed by atoms with Gasteiger partial charge in [-0.1, -0.05) is 23.8 Å². The number of hydrogen-bond donors (Lipinski definition) is 1. The van der Waals surface area contributed by atoms with E-state index in [-0.39, 0.29) is 17.7 Å². The topological polar surface area (TPSA) is 66.5 Å². The molecule has 1 atom stereocenters. The molecule has 0 saturated carbocycles. The first-order valence-corrected chi connectivity index (χ1v) is 10.8. The Labute approximate surface area is 162 Å². The van der Waals surface area contributed by atoms with Crippen LogP contribution >= 0.6 is 0 Å². The lowest BCUT2D eigenvalue weighted by Crippen LogP contribution is -2.32. The Bertz CT molecular complexity index is 906. The number of amides is 1.